The maximum absolute atomic E-state index is 10.2. The van der Waals surface area contributed by atoms with Gasteiger partial charge in [-0.05, 0) is 92.8 Å². The molecular formula is C26H42O3. The molecule has 4 fully saturated rings. The van der Waals surface area contributed by atoms with Gasteiger partial charge in [-0.15, -0.1) is 0 Å². The minimum absolute atomic E-state index is 0.191. The van der Waals surface area contributed by atoms with E-state index in [9.17, 15) is 5.11 Å². The largest absolute Gasteiger partial charge is 0.389 e. The Labute approximate surface area is 177 Å². The van der Waals surface area contributed by atoms with Crippen molar-refractivity contribution in [3.63, 3.8) is 0 Å². The Morgan fingerprint density at radius 1 is 1.00 bits per heavy atom. The molecule has 8 atom stereocenters. The van der Waals surface area contributed by atoms with Crippen molar-refractivity contribution in [3.05, 3.63) is 11.6 Å². The van der Waals surface area contributed by atoms with Crippen molar-refractivity contribution in [2.45, 2.75) is 109 Å². The Kier molecular flexibility index (Phi) is 5.40. The molecule has 3 heteroatoms. The van der Waals surface area contributed by atoms with E-state index in [1.165, 1.54) is 57.8 Å². The van der Waals surface area contributed by atoms with E-state index in [4.69, 9.17) is 9.47 Å². The van der Waals surface area contributed by atoms with Crippen LogP contribution in [0.4, 0.5) is 0 Å². The van der Waals surface area contributed by atoms with E-state index in [0.717, 1.165) is 48.9 Å². The fourth-order valence-electron chi connectivity index (χ4n) is 8.58. The molecule has 0 aromatic rings. The number of ether oxygens (including phenoxy) is 2. The molecule has 0 radical (unpaired) electrons. The molecule has 0 amide bonds. The van der Waals surface area contributed by atoms with Crippen LogP contribution in [0.15, 0.2) is 11.6 Å². The first-order chi connectivity index (χ1) is 14.0. The summed E-state index contributed by atoms with van der Waals surface area (Å²) in [5, 5.41) is 10.2. The Bertz CT molecular complexity index is 636. The van der Waals surface area contributed by atoms with Gasteiger partial charge >= 0.3 is 0 Å². The van der Waals surface area contributed by atoms with Crippen LogP contribution in [0.2, 0.25) is 0 Å². The smallest absolute Gasteiger partial charge is 0.168 e. The number of aliphatic hydroxyl groups excluding tert-OH is 1. The molecule has 0 aromatic heterocycles. The molecule has 4 saturated carbocycles. The molecule has 0 aliphatic heterocycles. The van der Waals surface area contributed by atoms with Gasteiger partial charge in [0.25, 0.3) is 0 Å². The van der Waals surface area contributed by atoms with Crippen LogP contribution in [0.5, 0.6) is 0 Å². The third kappa shape index (κ3) is 3.34. The molecule has 0 spiro atoms. The number of fused-ring (bicyclic) bond motifs is 5. The van der Waals surface area contributed by atoms with Gasteiger partial charge in [0.15, 0.2) is 5.79 Å². The summed E-state index contributed by atoms with van der Waals surface area (Å²) >= 11 is 0. The van der Waals surface area contributed by atoms with Crippen LogP contribution in [0.1, 0.15) is 90.9 Å². The number of hydrogen-bond acceptors (Lipinski definition) is 3. The van der Waals surface area contributed by atoms with E-state index in [1.54, 1.807) is 5.57 Å². The van der Waals surface area contributed by atoms with Crippen LogP contribution in [0.3, 0.4) is 0 Å². The van der Waals surface area contributed by atoms with E-state index in [0.29, 0.717) is 11.5 Å². The van der Waals surface area contributed by atoms with Crippen molar-refractivity contribution in [1.29, 1.82) is 0 Å². The van der Waals surface area contributed by atoms with Crippen LogP contribution in [0.25, 0.3) is 0 Å². The van der Waals surface area contributed by atoms with Gasteiger partial charge in [0, 0.05) is 20.0 Å². The van der Waals surface area contributed by atoms with Crippen LogP contribution < -0.4 is 0 Å². The molecule has 5 rings (SSSR count). The molecule has 164 valence electrons. The van der Waals surface area contributed by atoms with Crippen molar-refractivity contribution in [1.82, 2.24) is 0 Å². The minimum atomic E-state index is -0.314. The first-order valence-electron chi connectivity index (χ1n) is 12.6. The maximum atomic E-state index is 10.2. The van der Waals surface area contributed by atoms with Gasteiger partial charge < -0.3 is 14.6 Å². The molecule has 5 aliphatic carbocycles. The minimum Gasteiger partial charge on any atom is -0.389 e. The van der Waals surface area contributed by atoms with Crippen LogP contribution in [-0.4, -0.2) is 30.2 Å². The average molecular weight is 403 g/mol. The normalized spacial score (nSPS) is 49.0. The summed E-state index contributed by atoms with van der Waals surface area (Å²) in [7, 11) is 1.87. The summed E-state index contributed by atoms with van der Waals surface area (Å²) in [6.45, 7) is 5.05. The SMILES string of the molecule is COC1(O[C@H]2CC[C@H]3[C@H]4[C@H](CC[C@]23C)[C@H]2CC[C@@H](O)C=C2C[C@H]4C)CCCCC1. The highest BCUT2D eigenvalue weighted by Gasteiger charge is 2.59. The number of rotatable bonds is 3. The zero-order valence-corrected chi connectivity index (χ0v) is 18.9. The van der Waals surface area contributed by atoms with Gasteiger partial charge in [0.2, 0.25) is 0 Å². The second-order valence-corrected chi connectivity index (χ2v) is 11.4. The highest BCUT2D eigenvalue weighted by Crippen LogP contribution is 2.64. The zero-order valence-electron chi connectivity index (χ0n) is 18.9. The van der Waals surface area contributed by atoms with Crippen molar-refractivity contribution in [3.8, 4) is 0 Å². The second kappa shape index (κ2) is 7.64. The molecule has 0 aromatic carbocycles. The Morgan fingerprint density at radius 3 is 2.55 bits per heavy atom. The zero-order chi connectivity index (χ0) is 20.2. The van der Waals surface area contributed by atoms with Gasteiger partial charge in [0.05, 0.1) is 12.2 Å². The molecule has 5 aliphatic rings. The van der Waals surface area contributed by atoms with E-state index >= 15 is 0 Å². The summed E-state index contributed by atoms with van der Waals surface area (Å²) < 4.78 is 13.0. The van der Waals surface area contributed by atoms with Crippen LogP contribution in [0, 0.1) is 35.0 Å². The van der Waals surface area contributed by atoms with Crippen molar-refractivity contribution >= 4 is 0 Å². The lowest BCUT2D eigenvalue weighted by Crippen LogP contribution is -2.52. The lowest BCUT2D eigenvalue weighted by molar-refractivity contribution is -0.280. The van der Waals surface area contributed by atoms with E-state index in [1.807, 2.05) is 7.11 Å². The monoisotopic (exact) mass is 402 g/mol. The van der Waals surface area contributed by atoms with Gasteiger partial charge in [-0.25, -0.2) is 0 Å². The van der Waals surface area contributed by atoms with Gasteiger partial charge in [0.1, 0.15) is 0 Å². The molecule has 0 heterocycles. The molecule has 0 unspecified atom stereocenters. The molecule has 0 bridgehead atoms. The van der Waals surface area contributed by atoms with Gasteiger partial charge in [-0.3, -0.25) is 0 Å². The number of hydrogen-bond donors (Lipinski definition) is 1. The lowest BCUT2D eigenvalue weighted by Gasteiger charge is -2.56. The molecular weight excluding hydrogens is 360 g/mol. The summed E-state index contributed by atoms with van der Waals surface area (Å²) in [5.74, 6) is 3.64. The van der Waals surface area contributed by atoms with Crippen molar-refractivity contribution in [2.75, 3.05) is 7.11 Å². The van der Waals surface area contributed by atoms with Gasteiger partial charge in [-0.2, -0.15) is 0 Å². The summed E-state index contributed by atoms with van der Waals surface area (Å²) in [4.78, 5) is 0. The van der Waals surface area contributed by atoms with Crippen LogP contribution >= 0.6 is 0 Å². The quantitative estimate of drug-likeness (QED) is 0.475. The topological polar surface area (TPSA) is 38.7 Å². The molecule has 29 heavy (non-hydrogen) atoms. The maximum Gasteiger partial charge on any atom is 0.168 e. The number of methoxy groups -OCH3 is 1. The Hall–Kier alpha value is -0.380. The third-order valence-electron chi connectivity index (χ3n) is 10.0. The fraction of sp³-hybridized carbons (Fsp3) is 0.923. The predicted octanol–water partition coefficient (Wildman–Crippen LogP) is 5.86. The van der Waals surface area contributed by atoms with Crippen molar-refractivity contribution < 1.29 is 14.6 Å². The van der Waals surface area contributed by atoms with Crippen LogP contribution in [-0.2, 0) is 9.47 Å². The Morgan fingerprint density at radius 2 is 1.79 bits per heavy atom. The fourth-order valence-corrected chi connectivity index (χ4v) is 8.58. The van der Waals surface area contributed by atoms with E-state index in [2.05, 4.69) is 19.9 Å². The van der Waals surface area contributed by atoms with E-state index < -0.39 is 0 Å². The third-order valence-corrected chi connectivity index (χ3v) is 10.0. The summed E-state index contributed by atoms with van der Waals surface area (Å²) in [6.07, 6.45) is 16.9. The molecule has 1 N–H and O–H groups in total. The van der Waals surface area contributed by atoms with E-state index in [-0.39, 0.29) is 11.9 Å². The Balaban J connectivity index is 1.37. The first-order valence-corrected chi connectivity index (χ1v) is 12.6. The molecule has 3 nitrogen and oxygen atoms in total. The predicted molar refractivity (Wildman–Crippen MR) is 115 cm³/mol. The highest BCUT2D eigenvalue weighted by molar-refractivity contribution is 5.21. The summed E-state index contributed by atoms with van der Waals surface area (Å²) in [6, 6.07) is 0. The number of allylic oxidation sites excluding steroid dienone is 1. The highest BCUT2D eigenvalue weighted by atomic mass is 16.7. The van der Waals surface area contributed by atoms with Gasteiger partial charge in [-0.1, -0.05) is 31.9 Å². The first kappa shape index (κ1) is 20.5. The average Bonchev–Trinajstić information content (AvgIpc) is 3.04. The van der Waals surface area contributed by atoms with Crippen molar-refractivity contribution in [2.24, 2.45) is 35.0 Å². The second-order valence-electron chi connectivity index (χ2n) is 11.4. The molecule has 0 saturated heterocycles. The summed E-state index contributed by atoms with van der Waals surface area (Å²) in [5.41, 5.74) is 1.90. The standard InChI is InChI=1S/C26H42O3/c1-17-15-18-16-19(27)7-8-20(18)21-11-14-25(2)22(24(17)21)9-10-23(25)29-26(28-3)12-5-4-6-13-26/h16-17,19-24,27H,4-15H2,1-3H3/t17-,19-,20+,21-,22+,23+,24-,25+/m1/s1. The lowest BCUT2D eigenvalue weighted by atomic mass is 9.49. The number of aliphatic hydroxyl groups is 1.